The first-order valence-electron chi connectivity index (χ1n) is 12.4. The monoisotopic (exact) mass is 542 g/mol. The first-order chi connectivity index (χ1) is 18.4. The van der Waals surface area contributed by atoms with Gasteiger partial charge in [-0.25, -0.2) is 4.79 Å². The van der Waals surface area contributed by atoms with Crippen molar-refractivity contribution in [3.05, 3.63) is 36.0 Å². The minimum atomic E-state index is -1.42. The number of Topliss-reactive ketones (excluding diaryl/α,β-unsaturated/α-hetero) is 1. The van der Waals surface area contributed by atoms with Gasteiger partial charge in [0.2, 0.25) is 23.6 Å². The molecule has 13 nitrogen and oxygen atoms in total. The van der Waals surface area contributed by atoms with Gasteiger partial charge in [0.05, 0.1) is 18.7 Å². The standard InChI is InChI=1S/C26H34N6O7/c1-14(2)39-26(38)22(11-23(28)35)32-24(36)20(9-8-17(34)12-27)31-25(37)21(30-15(3)33)10-16-13-29-19-7-5-4-6-18(16)19/h4-7,12-14,20-22,27,29H,8-11H2,1-3H3,(H2,28,35)(H,30,33)(H,31,37)(H,32,36)/t20-,21-,22-/m0/s1. The third-order valence-corrected chi connectivity index (χ3v) is 5.62. The van der Waals surface area contributed by atoms with E-state index in [9.17, 15) is 28.8 Å². The van der Waals surface area contributed by atoms with E-state index in [2.05, 4.69) is 20.9 Å². The van der Waals surface area contributed by atoms with Crippen LogP contribution in [-0.4, -0.2) is 70.8 Å². The summed E-state index contributed by atoms with van der Waals surface area (Å²) < 4.78 is 5.08. The number of H-pyrrole nitrogens is 1. The number of primary amides is 1. The van der Waals surface area contributed by atoms with Crippen molar-refractivity contribution in [1.29, 1.82) is 5.41 Å². The second kappa shape index (κ2) is 14.4. The highest BCUT2D eigenvalue weighted by molar-refractivity contribution is 6.26. The average molecular weight is 543 g/mol. The number of ketones is 1. The third kappa shape index (κ3) is 9.68. The Morgan fingerprint density at radius 1 is 1.00 bits per heavy atom. The smallest absolute Gasteiger partial charge is 0.329 e. The first-order valence-corrected chi connectivity index (χ1v) is 12.4. The van der Waals surface area contributed by atoms with Gasteiger partial charge < -0.3 is 36.8 Å². The van der Waals surface area contributed by atoms with E-state index >= 15 is 0 Å². The molecule has 0 saturated carbocycles. The highest BCUT2D eigenvalue weighted by Crippen LogP contribution is 2.19. The summed E-state index contributed by atoms with van der Waals surface area (Å²) >= 11 is 0. The number of fused-ring (bicyclic) bond motifs is 1. The molecule has 39 heavy (non-hydrogen) atoms. The Balaban J connectivity index is 2.27. The minimum absolute atomic E-state index is 0.0915. The maximum atomic E-state index is 13.3. The Bertz CT molecular complexity index is 1240. The number of aromatic amines is 1. The van der Waals surface area contributed by atoms with Crippen molar-refractivity contribution in [3.8, 4) is 0 Å². The average Bonchev–Trinajstić information content (AvgIpc) is 3.27. The number of hydrogen-bond donors (Lipinski definition) is 6. The summed E-state index contributed by atoms with van der Waals surface area (Å²) in [6.45, 7) is 4.42. The summed E-state index contributed by atoms with van der Waals surface area (Å²) in [6, 6.07) is 3.55. The van der Waals surface area contributed by atoms with Gasteiger partial charge in [-0.3, -0.25) is 24.0 Å². The SMILES string of the molecule is CC(=O)N[C@@H](Cc1c[nH]c2ccccc12)C(=O)N[C@@H](CCC(=O)C=N)C(=O)N[C@@H](CC(N)=O)C(=O)OC(C)C. The van der Waals surface area contributed by atoms with Crippen LogP contribution in [0.25, 0.3) is 10.9 Å². The molecular formula is C26H34N6O7. The van der Waals surface area contributed by atoms with Gasteiger partial charge in [-0.05, 0) is 31.9 Å². The zero-order chi connectivity index (χ0) is 29.1. The van der Waals surface area contributed by atoms with Crippen LogP contribution in [0.5, 0.6) is 0 Å². The number of rotatable bonds is 15. The molecule has 2 aromatic rings. The van der Waals surface area contributed by atoms with Crippen LogP contribution in [0, 0.1) is 5.41 Å². The lowest BCUT2D eigenvalue weighted by Crippen LogP contribution is -2.56. The Morgan fingerprint density at radius 2 is 1.64 bits per heavy atom. The van der Waals surface area contributed by atoms with Crippen LogP contribution in [0.1, 0.15) is 45.6 Å². The molecule has 0 unspecified atom stereocenters. The van der Waals surface area contributed by atoms with Gasteiger partial charge in [0.15, 0.2) is 5.78 Å². The van der Waals surface area contributed by atoms with E-state index in [0.717, 1.165) is 16.5 Å². The summed E-state index contributed by atoms with van der Waals surface area (Å²) in [7, 11) is 0. The van der Waals surface area contributed by atoms with E-state index in [1.807, 2.05) is 24.3 Å². The van der Waals surface area contributed by atoms with E-state index in [0.29, 0.717) is 6.21 Å². The fourth-order valence-electron chi connectivity index (χ4n) is 3.86. The molecule has 210 valence electrons. The van der Waals surface area contributed by atoms with E-state index in [4.69, 9.17) is 15.9 Å². The lowest BCUT2D eigenvalue weighted by molar-refractivity contribution is -0.152. The molecule has 3 atom stereocenters. The maximum absolute atomic E-state index is 13.3. The van der Waals surface area contributed by atoms with Gasteiger partial charge in [0.1, 0.15) is 18.1 Å². The van der Waals surface area contributed by atoms with Gasteiger partial charge in [-0.15, -0.1) is 0 Å². The normalized spacial score (nSPS) is 13.1. The lowest BCUT2D eigenvalue weighted by Gasteiger charge is -2.25. The number of hydrogen-bond acceptors (Lipinski definition) is 8. The molecule has 0 bridgehead atoms. The van der Waals surface area contributed by atoms with Crippen LogP contribution in [-0.2, 0) is 39.9 Å². The number of carbonyl (C=O) groups excluding carboxylic acids is 6. The molecule has 0 aliphatic rings. The van der Waals surface area contributed by atoms with Crippen LogP contribution >= 0.6 is 0 Å². The van der Waals surface area contributed by atoms with E-state index in [-0.39, 0.29) is 19.3 Å². The van der Waals surface area contributed by atoms with Gasteiger partial charge in [0.25, 0.3) is 0 Å². The Morgan fingerprint density at radius 3 is 2.26 bits per heavy atom. The molecule has 1 aromatic carbocycles. The predicted molar refractivity (Wildman–Crippen MR) is 142 cm³/mol. The number of nitrogens with one attached hydrogen (secondary N) is 5. The number of carbonyl (C=O) groups is 6. The highest BCUT2D eigenvalue weighted by atomic mass is 16.5. The van der Waals surface area contributed by atoms with Crippen LogP contribution in [0.15, 0.2) is 30.5 Å². The molecule has 1 heterocycles. The minimum Gasteiger partial charge on any atom is -0.461 e. The van der Waals surface area contributed by atoms with Gasteiger partial charge in [-0.2, -0.15) is 0 Å². The zero-order valence-corrected chi connectivity index (χ0v) is 22.0. The van der Waals surface area contributed by atoms with Crippen molar-refractivity contribution < 1.29 is 33.5 Å². The van der Waals surface area contributed by atoms with Gasteiger partial charge in [0, 0.05) is 36.9 Å². The number of amides is 4. The van der Waals surface area contributed by atoms with Gasteiger partial charge in [-0.1, -0.05) is 18.2 Å². The van der Waals surface area contributed by atoms with Crippen molar-refractivity contribution >= 4 is 52.5 Å². The fraction of sp³-hybridized carbons (Fsp3) is 0.423. The molecule has 0 aliphatic carbocycles. The molecule has 0 aliphatic heterocycles. The summed E-state index contributed by atoms with van der Waals surface area (Å²) in [5.41, 5.74) is 6.81. The second-order valence-electron chi connectivity index (χ2n) is 9.24. The summed E-state index contributed by atoms with van der Waals surface area (Å²) in [5.74, 6) is -4.42. The van der Waals surface area contributed by atoms with Crippen LogP contribution in [0.3, 0.4) is 0 Å². The number of esters is 1. The molecule has 4 amide bonds. The topological polar surface area (TPSA) is 213 Å². The largest absolute Gasteiger partial charge is 0.461 e. The van der Waals surface area contributed by atoms with Crippen molar-refractivity contribution in [2.24, 2.45) is 5.73 Å². The molecular weight excluding hydrogens is 508 g/mol. The number of aromatic nitrogens is 1. The molecule has 2 rings (SSSR count). The fourth-order valence-corrected chi connectivity index (χ4v) is 3.86. The maximum Gasteiger partial charge on any atom is 0.329 e. The number of nitrogens with two attached hydrogens (primary N) is 1. The van der Waals surface area contributed by atoms with Crippen molar-refractivity contribution in [2.45, 2.75) is 70.7 Å². The Hall–Kier alpha value is -4.55. The third-order valence-electron chi connectivity index (χ3n) is 5.62. The zero-order valence-electron chi connectivity index (χ0n) is 22.0. The highest BCUT2D eigenvalue weighted by Gasteiger charge is 2.31. The molecule has 0 fully saturated rings. The van der Waals surface area contributed by atoms with E-state index in [1.165, 1.54) is 6.92 Å². The molecule has 1 aromatic heterocycles. The quantitative estimate of drug-likeness (QED) is 0.134. The summed E-state index contributed by atoms with van der Waals surface area (Å²) in [6.07, 6.45) is 0.840. The number of ether oxygens (including phenoxy) is 1. The van der Waals surface area contributed by atoms with Crippen molar-refractivity contribution in [1.82, 2.24) is 20.9 Å². The molecule has 0 radical (unpaired) electrons. The second-order valence-corrected chi connectivity index (χ2v) is 9.24. The van der Waals surface area contributed by atoms with Crippen molar-refractivity contribution in [3.63, 3.8) is 0 Å². The first kappa shape index (κ1) is 30.7. The molecule has 0 spiro atoms. The lowest BCUT2D eigenvalue weighted by atomic mass is 10.0. The van der Waals surface area contributed by atoms with E-state index in [1.54, 1.807) is 20.0 Å². The van der Waals surface area contributed by atoms with Crippen LogP contribution < -0.4 is 21.7 Å². The molecule has 7 N–H and O–H groups in total. The summed E-state index contributed by atoms with van der Waals surface area (Å²) in [4.78, 5) is 77.1. The van der Waals surface area contributed by atoms with Crippen LogP contribution in [0.4, 0.5) is 0 Å². The number of benzene rings is 1. The van der Waals surface area contributed by atoms with Gasteiger partial charge >= 0.3 is 5.97 Å². The molecule has 0 saturated heterocycles. The Labute approximate surface area is 225 Å². The molecule has 13 heteroatoms. The van der Waals surface area contributed by atoms with E-state index < -0.39 is 66.0 Å². The summed E-state index contributed by atoms with van der Waals surface area (Å²) in [5, 5.41) is 15.4. The number of para-hydroxylation sites is 1. The predicted octanol–water partition coefficient (Wildman–Crippen LogP) is 0.0106. The van der Waals surface area contributed by atoms with Crippen LogP contribution in [0.2, 0.25) is 0 Å². The van der Waals surface area contributed by atoms with Crippen molar-refractivity contribution in [2.75, 3.05) is 0 Å². The Kier molecular flexibility index (Phi) is 11.3.